The molecule has 1 unspecified atom stereocenters. The van der Waals surface area contributed by atoms with Crippen LogP contribution in [0.3, 0.4) is 0 Å². The highest BCUT2D eigenvalue weighted by Gasteiger charge is 2.43. The van der Waals surface area contributed by atoms with Crippen LogP contribution in [0.15, 0.2) is 0 Å². The van der Waals surface area contributed by atoms with Crippen molar-refractivity contribution in [3.05, 3.63) is 0 Å². The van der Waals surface area contributed by atoms with Crippen molar-refractivity contribution in [1.29, 1.82) is 0 Å². The molecule has 3 rings (SSSR count). The lowest BCUT2D eigenvalue weighted by molar-refractivity contribution is -0.130. The molecule has 2 amide bonds. The minimum absolute atomic E-state index is 0.00570. The minimum atomic E-state index is -0.439. The number of nitrogens with zero attached hydrogens (tertiary/aromatic N) is 1. The van der Waals surface area contributed by atoms with Gasteiger partial charge in [-0.25, -0.2) is 0 Å². The Kier molecular flexibility index (Phi) is 3.71. The Hall–Kier alpha value is -1.10. The van der Waals surface area contributed by atoms with Crippen LogP contribution in [0, 0.1) is 5.92 Å². The zero-order valence-electron chi connectivity index (χ0n) is 11.9. The van der Waals surface area contributed by atoms with E-state index in [0.717, 1.165) is 38.5 Å². The molecule has 1 aliphatic heterocycles. The van der Waals surface area contributed by atoms with Gasteiger partial charge >= 0.3 is 0 Å². The number of rotatable bonds is 4. The molecule has 1 saturated heterocycles. The lowest BCUT2D eigenvalue weighted by Crippen LogP contribution is -2.54. The van der Waals surface area contributed by atoms with Gasteiger partial charge in [-0.05, 0) is 25.7 Å². The zero-order valence-corrected chi connectivity index (χ0v) is 11.9. The number of nitrogens with one attached hydrogen (secondary N) is 1. The summed E-state index contributed by atoms with van der Waals surface area (Å²) in [6.07, 6.45) is 7.49. The van der Waals surface area contributed by atoms with Crippen molar-refractivity contribution in [3.8, 4) is 0 Å². The highest BCUT2D eigenvalue weighted by atomic mass is 16.3. The number of hydrogen-bond donors (Lipinski definition) is 2. The molecule has 0 aromatic rings. The van der Waals surface area contributed by atoms with Crippen molar-refractivity contribution in [2.45, 2.75) is 62.9 Å². The molecule has 0 radical (unpaired) electrons. The highest BCUT2D eigenvalue weighted by molar-refractivity contribution is 5.89. The Morgan fingerprint density at radius 2 is 2.00 bits per heavy atom. The predicted molar refractivity (Wildman–Crippen MR) is 73.9 cm³/mol. The second-order valence-corrected chi connectivity index (χ2v) is 6.67. The van der Waals surface area contributed by atoms with Gasteiger partial charge in [-0.15, -0.1) is 0 Å². The Bertz CT molecular complexity index is 400. The summed E-state index contributed by atoms with van der Waals surface area (Å²) in [7, 11) is 0. The molecule has 2 aliphatic carbocycles. The van der Waals surface area contributed by atoms with Crippen molar-refractivity contribution in [2.24, 2.45) is 5.92 Å². The van der Waals surface area contributed by atoms with Gasteiger partial charge in [0.25, 0.3) is 0 Å². The maximum Gasteiger partial charge on any atom is 0.225 e. The minimum Gasteiger partial charge on any atom is -0.394 e. The molecule has 3 fully saturated rings. The Labute approximate surface area is 119 Å². The summed E-state index contributed by atoms with van der Waals surface area (Å²) in [6.45, 7) is 0.572. The van der Waals surface area contributed by atoms with Crippen LogP contribution in [-0.4, -0.2) is 46.6 Å². The second-order valence-electron chi connectivity index (χ2n) is 6.67. The van der Waals surface area contributed by atoms with E-state index in [-0.39, 0.29) is 24.3 Å². The van der Waals surface area contributed by atoms with E-state index in [0.29, 0.717) is 19.0 Å². The molecule has 0 aromatic heterocycles. The topological polar surface area (TPSA) is 69.6 Å². The van der Waals surface area contributed by atoms with Crippen LogP contribution in [0.5, 0.6) is 0 Å². The third-order valence-corrected chi connectivity index (χ3v) is 5.02. The van der Waals surface area contributed by atoms with Crippen LogP contribution < -0.4 is 5.32 Å². The average molecular weight is 280 g/mol. The first-order chi connectivity index (χ1) is 9.63. The summed E-state index contributed by atoms with van der Waals surface area (Å²) in [5.41, 5.74) is -0.439. The van der Waals surface area contributed by atoms with E-state index in [1.165, 1.54) is 6.42 Å². The van der Waals surface area contributed by atoms with Crippen LogP contribution >= 0.6 is 0 Å². The molecule has 0 aromatic carbocycles. The Morgan fingerprint density at radius 1 is 1.30 bits per heavy atom. The molecule has 5 heteroatoms. The molecular formula is C15H24N2O3. The molecule has 2 N–H and O–H groups in total. The van der Waals surface area contributed by atoms with Gasteiger partial charge in [-0.3, -0.25) is 9.59 Å². The van der Waals surface area contributed by atoms with Crippen LogP contribution in [-0.2, 0) is 9.59 Å². The van der Waals surface area contributed by atoms with Gasteiger partial charge in [-0.1, -0.05) is 19.3 Å². The molecule has 0 bridgehead atoms. The zero-order chi connectivity index (χ0) is 14.2. The van der Waals surface area contributed by atoms with Gasteiger partial charge in [0.2, 0.25) is 11.8 Å². The van der Waals surface area contributed by atoms with Crippen molar-refractivity contribution in [3.63, 3.8) is 0 Å². The van der Waals surface area contributed by atoms with Gasteiger partial charge in [0.1, 0.15) is 0 Å². The number of carbonyl (C=O) groups excluding carboxylic acids is 2. The van der Waals surface area contributed by atoms with E-state index in [9.17, 15) is 14.7 Å². The molecule has 5 nitrogen and oxygen atoms in total. The van der Waals surface area contributed by atoms with E-state index in [2.05, 4.69) is 5.32 Å². The fourth-order valence-corrected chi connectivity index (χ4v) is 3.56. The standard InChI is InChI=1S/C15H24N2O3/c18-10-15(6-2-1-3-7-15)16-14(20)11-8-13(19)17(9-11)12-4-5-12/h11-12,18H,1-10H2,(H,16,20). The van der Waals surface area contributed by atoms with Crippen molar-refractivity contribution in [1.82, 2.24) is 10.2 Å². The van der Waals surface area contributed by atoms with Gasteiger partial charge in [0, 0.05) is 19.0 Å². The van der Waals surface area contributed by atoms with Gasteiger partial charge < -0.3 is 15.3 Å². The summed E-state index contributed by atoms with van der Waals surface area (Å²) in [5, 5.41) is 12.7. The first-order valence-corrected chi connectivity index (χ1v) is 7.86. The molecule has 2 saturated carbocycles. The number of aliphatic hydroxyl groups is 1. The van der Waals surface area contributed by atoms with Crippen LogP contribution in [0.2, 0.25) is 0 Å². The summed E-state index contributed by atoms with van der Waals surface area (Å²) in [5.74, 6) is -0.153. The molecule has 20 heavy (non-hydrogen) atoms. The molecular weight excluding hydrogens is 256 g/mol. The Morgan fingerprint density at radius 3 is 2.60 bits per heavy atom. The second kappa shape index (κ2) is 5.35. The van der Waals surface area contributed by atoms with Gasteiger partial charge in [-0.2, -0.15) is 0 Å². The first-order valence-electron chi connectivity index (χ1n) is 7.86. The predicted octanol–water partition coefficient (Wildman–Crippen LogP) is 0.809. The fourth-order valence-electron chi connectivity index (χ4n) is 3.56. The highest BCUT2D eigenvalue weighted by Crippen LogP contribution is 2.33. The SMILES string of the molecule is O=C(NC1(CO)CCCCC1)C1CC(=O)N(C2CC2)C1. The van der Waals surface area contributed by atoms with Gasteiger partial charge in [0.05, 0.1) is 18.1 Å². The van der Waals surface area contributed by atoms with E-state index >= 15 is 0 Å². The number of carbonyl (C=O) groups is 2. The first kappa shape index (κ1) is 13.9. The number of likely N-dealkylation sites (tertiary alicyclic amines) is 1. The summed E-state index contributed by atoms with van der Waals surface area (Å²) < 4.78 is 0. The Balaban J connectivity index is 1.59. The third kappa shape index (κ3) is 2.68. The van der Waals surface area contributed by atoms with Crippen LogP contribution in [0.4, 0.5) is 0 Å². The van der Waals surface area contributed by atoms with Crippen LogP contribution in [0.25, 0.3) is 0 Å². The maximum absolute atomic E-state index is 12.4. The van der Waals surface area contributed by atoms with E-state index in [4.69, 9.17) is 0 Å². The molecule has 1 heterocycles. The maximum atomic E-state index is 12.4. The van der Waals surface area contributed by atoms with Crippen molar-refractivity contribution >= 4 is 11.8 Å². The normalized spacial score (nSPS) is 29.6. The quantitative estimate of drug-likeness (QED) is 0.800. The number of amides is 2. The summed E-state index contributed by atoms with van der Waals surface area (Å²) >= 11 is 0. The van der Waals surface area contributed by atoms with Crippen LogP contribution in [0.1, 0.15) is 51.4 Å². The average Bonchev–Trinajstić information content (AvgIpc) is 3.22. The van der Waals surface area contributed by atoms with Crippen molar-refractivity contribution < 1.29 is 14.7 Å². The van der Waals surface area contributed by atoms with E-state index < -0.39 is 5.54 Å². The van der Waals surface area contributed by atoms with E-state index in [1.807, 2.05) is 4.90 Å². The van der Waals surface area contributed by atoms with Crippen molar-refractivity contribution in [2.75, 3.05) is 13.2 Å². The lowest BCUT2D eigenvalue weighted by atomic mass is 9.82. The smallest absolute Gasteiger partial charge is 0.225 e. The molecule has 1 atom stereocenters. The van der Waals surface area contributed by atoms with Gasteiger partial charge in [0.15, 0.2) is 0 Å². The van der Waals surface area contributed by atoms with E-state index in [1.54, 1.807) is 0 Å². The molecule has 112 valence electrons. The number of hydrogen-bond acceptors (Lipinski definition) is 3. The summed E-state index contributed by atoms with van der Waals surface area (Å²) in [6, 6.07) is 0.391. The third-order valence-electron chi connectivity index (χ3n) is 5.02. The molecule has 3 aliphatic rings. The largest absolute Gasteiger partial charge is 0.394 e. The molecule has 0 spiro atoms. The lowest BCUT2D eigenvalue weighted by Gasteiger charge is -2.37. The number of aliphatic hydroxyl groups excluding tert-OH is 1. The fraction of sp³-hybridized carbons (Fsp3) is 0.867. The summed E-state index contributed by atoms with van der Waals surface area (Å²) in [4.78, 5) is 26.2. The monoisotopic (exact) mass is 280 g/mol.